The molecule has 2 heteroatoms. The summed E-state index contributed by atoms with van der Waals surface area (Å²) in [5.74, 6) is -0.155. The predicted octanol–water partition coefficient (Wildman–Crippen LogP) is 4.45. The zero-order valence-electron chi connectivity index (χ0n) is 11.2. The van der Waals surface area contributed by atoms with Gasteiger partial charge >= 0.3 is 0 Å². The van der Waals surface area contributed by atoms with Crippen molar-refractivity contribution < 1.29 is 4.39 Å². The van der Waals surface area contributed by atoms with E-state index in [1.165, 1.54) is 25.3 Å². The van der Waals surface area contributed by atoms with Gasteiger partial charge in [0.05, 0.1) is 0 Å². The van der Waals surface area contributed by atoms with Crippen molar-refractivity contribution in [3.63, 3.8) is 0 Å². The summed E-state index contributed by atoms with van der Waals surface area (Å²) in [6, 6.07) is 7.61. The number of benzene rings is 1. The largest absolute Gasteiger partial charge is 0.307 e. The Labute approximate surface area is 104 Å². The third-order valence-electron chi connectivity index (χ3n) is 3.23. The fraction of sp³-hybridized carbons (Fsp3) is 0.600. The van der Waals surface area contributed by atoms with Gasteiger partial charge in [-0.15, -0.1) is 0 Å². The summed E-state index contributed by atoms with van der Waals surface area (Å²) < 4.78 is 13.1. The Kier molecular flexibility index (Phi) is 6.20. The first-order valence-corrected chi connectivity index (χ1v) is 6.68. The molecule has 2 atom stereocenters. The van der Waals surface area contributed by atoms with Gasteiger partial charge < -0.3 is 5.32 Å². The molecule has 0 aliphatic rings. The Bertz CT molecular complexity index is 324. The van der Waals surface area contributed by atoms with Crippen LogP contribution in [0.1, 0.15) is 58.1 Å². The molecule has 0 bridgehead atoms. The molecule has 17 heavy (non-hydrogen) atoms. The van der Waals surface area contributed by atoms with Gasteiger partial charge in [0.1, 0.15) is 5.82 Å². The second-order valence-corrected chi connectivity index (χ2v) is 4.69. The fourth-order valence-electron chi connectivity index (χ4n) is 2.08. The smallest absolute Gasteiger partial charge is 0.123 e. The quantitative estimate of drug-likeness (QED) is 0.739. The predicted molar refractivity (Wildman–Crippen MR) is 71.6 cm³/mol. The lowest BCUT2D eigenvalue weighted by Crippen LogP contribution is -2.31. The SMILES string of the molecule is CCCCC(CC)N[C@@H](C)c1cccc(F)c1. The summed E-state index contributed by atoms with van der Waals surface area (Å²) in [7, 11) is 0. The molecule has 0 saturated heterocycles. The first kappa shape index (κ1) is 14.2. The van der Waals surface area contributed by atoms with Crippen LogP contribution >= 0.6 is 0 Å². The van der Waals surface area contributed by atoms with Crippen molar-refractivity contribution in [2.24, 2.45) is 0 Å². The molecule has 1 unspecified atom stereocenters. The minimum atomic E-state index is -0.155. The summed E-state index contributed by atoms with van der Waals surface area (Å²) in [5, 5.41) is 3.58. The van der Waals surface area contributed by atoms with E-state index in [0.717, 1.165) is 12.0 Å². The first-order valence-electron chi connectivity index (χ1n) is 6.68. The molecular formula is C15H24FN. The molecule has 0 aliphatic carbocycles. The average molecular weight is 237 g/mol. The van der Waals surface area contributed by atoms with Crippen molar-refractivity contribution in [2.45, 2.75) is 58.5 Å². The first-order chi connectivity index (χ1) is 8.17. The maximum absolute atomic E-state index is 13.1. The van der Waals surface area contributed by atoms with E-state index < -0.39 is 0 Å². The number of hydrogen-bond acceptors (Lipinski definition) is 1. The monoisotopic (exact) mass is 237 g/mol. The Morgan fingerprint density at radius 1 is 1.29 bits per heavy atom. The molecule has 0 heterocycles. The average Bonchev–Trinajstić information content (AvgIpc) is 2.34. The fourth-order valence-corrected chi connectivity index (χ4v) is 2.08. The number of nitrogens with one attached hydrogen (secondary N) is 1. The molecule has 1 rings (SSSR count). The van der Waals surface area contributed by atoms with Crippen molar-refractivity contribution in [2.75, 3.05) is 0 Å². The van der Waals surface area contributed by atoms with Crippen molar-refractivity contribution in [3.05, 3.63) is 35.6 Å². The maximum Gasteiger partial charge on any atom is 0.123 e. The van der Waals surface area contributed by atoms with Gasteiger partial charge in [0, 0.05) is 12.1 Å². The Morgan fingerprint density at radius 2 is 2.06 bits per heavy atom. The lowest BCUT2D eigenvalue weighted by molar-refractivity contribution is 0.409. The summed E-state index contributed by atoms with van der Waals surface area (Å²) in [6.07, 6.45) is 4.81. The standard InChI is InChI=1S/C15H24FN/c1-4-6-10-15(5-2)17-12(3)13-8-7-9-14(16)11-13/h7-9,11-12,15,17H,4-6,10H2,1-3H3/t12-,15?/m0/s1. The Balaban J connectivity index is 2.54. The van der Waals surface area contributed by atoms with Gasteiger partial charge in [-0.25, -0.2) is 4.39 Å². The lowest BCUT2D eigenvalue weighted by Gasteiger charge is -2.22. The van der Waals surface area contributed by atoms with Gasteiger partial charge in [0.15, 0.2) is 0 Å². The molecular weight excluding hydrogens is 213 g/mol. The van der Waals surface area contributed by atoms with Crippen molar-refractivity contribution in [1.29, 1.82) is 0 Å². The molecule has 0 aliphatic heterocycles. The number of unbranched alkanes of at least 4 members (excludes halogenated alkanes) is 1. The van der Waals surface area contributed by atoms with Crippen LogP contribution in [-0.2, 0) is 0 Å². The third kappa shape index (κ3) is 4.86. The number of rotatable bonds is 7. The van der Waals surface area contributed by atoms with Crippen LogP contribution < -0.4 is 5.32 Å². The second-order valence-electron chi connectivity index (χ2n) is 4.69. The highest BCUT2D eigenvalue weighted by molar-refractivity contribution is 5.19. The van der Waals surface area contributed by atoms with Crippen LogP contribution in [0.4, 0.5) is 4.39 Å². The van der Waals surface area contributed by atoms with Crippen LogP contribution in [-0.4, -0.2) is 6.04 Å². The molecule has 0 amide bonds. The molecule has 1 N–H and O–H groups in total. The molecule has 0 saturated carbocycles. The van der Waals surface area contributed by atoms with Gasteiger partial charge in [0.25, 0.3) is 0 Å². The molecule has 0 aromatic heterocycles. The summed E-state index contributed by atoms with van der Waals surface area (Å²) in [4.78, 5) is 0. The maximum atomic E-state index is 13.1. The molecule has 1 nitrogen and oxygen atoms in total. The Hall–Kier alpha value is -0.890. The lowest BCUT2D eigenvalue weighted by atomic mass is 10.0. The zero-order chi connectivity index (χ0) is 12.7. The van der Waals surface area contributed by atoms with Crippen LogP contribution in [0.5, 0.6) is 0 Å². The highest BCUT2D eigenvalue weighted by Gasteiger charge is 2.11. The highest BCUT2D eigenvalue weighted by atomic mass is 19.1. The summed E-state index contributed by atoms with van der Waals surface area (Å²) >= 11 is 0. The van der Waals surface area contributed by atoms with Crippen LogP contribution in [0, 0.1) is 5.82 Å². The van der Waals surface area contributed by atoms with Crippen molar-refractivity contribution in [1.82, 2.24) is 5.32 Å². The van der Waals surface area contributed by atoms with Gasteiger partial charge in [-0.2, -0.15) is 0 Å². The van der Waals surface area contributed by atoms with Crippen molar-refractivity contribution >= 4 is 0 Å². The van der Waals surface area contributed by atoms with Crippen LogP contribution in [0.15, 0.2) is 24.3 Å². The van der Waals surface area contributed by atoms with Crippen LogP contribution in [0.25, 0.3) is 0 Å². The number of hydrogen-bond donors (Lipinski definition) is 1. The van der Waals surface area contributed by atoms with E-state index in [-0.39, 0.29) is 11.9 Å². The van der Waals surface area contributed by atoms with Crippen molar-refractivity contribution in [3.8, 4) is 0 Å². The van der Waals surface area contributed by atoms with Gasteiger partial charge in [-0.3, -0.25) is 0 Å². The Morgan fingerprint density at radius 3 is 2.65 bits per heavy atom. The highest BCUT2D eigenvalue weighted by Crippen LogP contribution is 2.16. The van der Waals surface area contributed by atoms with Crippen LogP contribution in [0.3, 0.4) is 0 Å². The van der Waals surface area contributed by atoms with E-state index in [4.69, 9.17) is 0 Å². The van der Waals surface area contributed by atoms with E-state index in [1.54, 1.807) is 12.1 Å². The molecule has 96 valence electrons. The minimum absolute atomic E-state index is 0.155. The van der Waals surface area contributed by atoms with E-state index >= 15 is 0 Å². The van der Waals surface area contributed by atoms with Gasteiger partial charge in [-0.05, 0) is 37.5 Å². The van der Waals surface area contributed by atoms with Gasteiger partial charge in [-0.1, -0.05) is 38.8 Å². The molecule has 0 radical (unpaired) electrons. The molecule has 0 spiro atoms. The van der Waals surface area contributed by atoms with Gasteiger partial charge in [0.2, 0.25) is 0 Å². The van der Waals surface area contributed by atoms with Crippen LogP contribution in [0.2, 0.25) is 0 Å². The molecule has 1 aromatic carbocycles. The third-order valence-corrected chi connectivity index (χ3v) is 3.23. The van der Waals surface area contributed by atoms with E-state index in [1.807, 2.05) is 6.07 Å². The van der Waals surface area contributed by atoms with E-state index in [2.05, 4.69) is 26.1 Å². The normalized spacial score (nSPS) is 14.6. The van der Waals surface area contributed by atoms with E-state index in [9.17, 15) is 4.39 Å². The molecule has 1 aromatic rings. The minimum Gasteiger partial charge on any atom is -0.307 e. The van der Waals surface area contributed by atoms with E-state index in [0.29, 0.717) is 6.04 Å². The zero-order valence-corrected chi connectivity index (χ0v) is 11.2. The summed E-state index contributed by atoms with van der Waals surface area (Å²) in [5.41, 5.74) is 1.03. The topological polar surface area (TPSA) is 12.0 Å². The molecule has 0 fully saturated rings. The second kappa shape index (κ2) is 7.44. The summed E-state index contributed by atoms with van der Waals surface area (Å²) in [6.45, 7) is 6.51. The number of halogens is 1.